The van der Waals surface area contributed by atoms with Gasteiger partial charge in [-0.1, -0.05) is 41.9 Å². The summed E-state index contributed by atoms with van der Waals surface area (Å²) in [6, 6.07) is 16.7. The summed E-state index contributed by atoms with van der Waals surface area (Å²) in [5.41, 5.74) is 3.98. The van der Waals surface area contributed by atoms with Crippen molar-refractivity contribution < 1.29 is 14.6 Å². The lowest BCUT2D eigenvalue weighted by molar-refractivity contribution is -0.918. The van der Waals surface area contributed by atoms with Gasteiger partial charge in [0.2, 0.25) is 0 Å². The van der Waals surface area contributed by atoms with E-state index in [-0.39, 0.29) is 0 Å². The molecule has 0 aromatic heterocycles. The predicted molar refractivity (Wildman–Crippen MR) is 121 cm³/mol. The molecule has 6 heteroatoms. The second kappa shape index (κ2) is 9.82. The number of piperazine rings is 2. The third kappa shape index (κ3) is 5.34. The molecule has 2 N–H and O–H groups in total. The molecular weight excluding hydrogens is 396 g/mol. The number of aryl methyl sites for hydroxylation is 1. The number of halogens is 1. The highest BCUT2D eigenvalue weighted by Crippen LogP contribution is 2.18. The highest BCUT2D eigenvalue weighted by Gasteiger charge is 2.28. The minimum absolute atomic E-state index is 0.319. The molecule has 2 aliphatic rings. The molecule has 0 atom stereocenters. The highest BCUT2D eigenvalue weighted by molar-refractivity contribution is 6.30. The average Bonchev–Trinajstić information content (AvgIpc) is 2.77. The molecule has 30 heavy (non-hydrogen) atoms. The minimum atomic E-state index is 0.319. The fraction of sp³-hybridized carbons (Fsp3) is 0.458. The van der Waals surface area contributed by atoms with E-state index < -0.39 is 0 Å². The lowest BCUT2D eigenvalue weighted by Gasteiger charge is -2.36. The molecule has 2 fully saturated rings. The summed E-state index contributed by atoms with van der Waals surface area (Å²) in [6.45, 7) is 11.7. The number of hydrogen-bond acceptors (Lipinski definition) is 2. The molecule has 2 aliphatic heterocycles. The molecule has 4 rings (SSSR count). The fourth-order valence-electron chi connectivity index (χ4n) is 4.62. The SMILES string of the molecule is Cc1ccccc1N1CC[NH+](CC(=O)N2CC[NH+](Cc3ccc(Cl)cc3)CC2)CC1. The maximum atomic E-state index is 12.8. The molecule has 0 unspecified atom stereocenters. The van der Waals surface area contributed by atoms with Gasteiger partial charge in [-0.25, -0.2) is 0 Å². The van der Waals surface area contributed by atoms with E-state index in [1.54, 1.807) is 4.90 Å². The summed E-state index contributed by atoms with van der Waals surface area (Å²) < 4.78 is 0. The molecule has 0 radical (unpaired) electrons. The number of amides is 1. The first-order valence-corrected chi connectivity index (χ1v) is 11.5. The molecule has 0 saturated carbocycles. The first-order chi connectivity index (χ1) is 14.6. The Balaban J connectivity index is 1.20. The van der Waals surface area contributed by atoms with Gasteiger partial charge in [0.15, 0.2) is 6.54 Å². The number of quaternary nitrogens is 2. The Hall–Kier alpha value is -2.08. The molecule has 2 saturated heterocycles. The number of carbonyl (C=O) groups excluding carboxylic acids is 1. The maximum absolute atomic E-state index is 12.8. The van der Waals surface area contributed by atoms with E-state index in [1.165, 1.54) is 21.7 Å². The molecule has 5 nitrogen and oxygen atoms in total. The third-order valence-electron chi connectivity index (χ3n) is 6.52. The Labute approximate surface area is 184 Å². The zero-order valence-corrected chi connectivity index (χ0v) is 18.6. The number of carbonyl (C=O) groups is 1. The van der Waals surface area contributed by atoms with Crippen molar-refractivity contribution in [1.29, 1.82) is 0 Å². The van der Waals surface area contributed by atoms with Crippen molar-refractivity contribution in [3.63, 3.8) is 0 Å². The van der Waals surface area contributed by atoms with Crippen molar-refractivity contribution in [3.8, 4) is 0 Å². The van der Waals surface area contributed by atoms with Crippen molar-refractivity contribution in [2.45, 2.75) is 13.5 Å². The molecular formula is C24H33ClN4O+2. The van der Waals surface area contributed by atoms with Crippen LogP contribution in [0.15, 0.2) is 48.5 Å². The number of hydrogen-bond donors (Lipinski definition) is 2. The van der Waals surface area contributed by atoms with Gasteiger partial charge >= 0.3 is 0 Å². The van der Waals surface area contributed by atoms with Crippen LogP contribution in [0.25, 0.3) is 0 Å². The molecule has 2 aromatic rings. The van der Waals surface area contributed by atoms with Gasteiger partial charge in [-0.15, -0.1) is 0 Å². The summed E-state index contributed by atoms with van der Waals surface area (Å²) in [7, 11) is 0. The quantitative estimate of drug-likeness (QED) is 0.717. The molecule has 2 heterocycles. The van der Waals surface area contributed by atoms with Gasteiger partial charge in [0.25, 0.3) is 5.91 Å². The van der Waals surface area contributed by atoms with Gasteiger partial charge in [-0.3, -0.25) is 4.79 Å². The highest BCUT2D eigenvalue weighted by atomic mass is 35.5. The van der Waals surface area contributed by atoms with Gasteiger partial charge in [-0.05, 0) is 30.7 Å². The Morgan fingerprint density at radius 2 is 1.53 bits per heavy atom. The lowest BCUT2D eigenvalue weighted by atomic mass is 10.1. The smallest absolute Gasteiger partial charge is 0.278 e. The van der Waals surface area contributed by atoms with Gasteiger partial charge in [0.05, 0.1) is 52.4 Å². The molecule has 1 amide bonds. The van der Waals surface area contributed by atoms with Crippen molar-refractivity contribution in [2.24, 2.45) is 0 Å². The molecule has 160 valence electrons. The predicted octanol–water partition coefficient (Wildman–Crippen LogP) is 0.281. The van der Waals surface area contributed by atoms with Gasteiger partial charge in [-0.2, -0.15) is 0 Å². The Morgan fingerprint density at radius 1 is 0.900 bits per heavy atom. The van der Waals surface area contributed by atoms with Crippen molar-refractivity contribution in [2.75, 3.05) is 63.8 Å². The first kappa shape index (κ1) is 21.2. The monoisotopic (exact) mass is 428 g/mol. The van der Waals surface area contributed by atoms with Crippen LogP contribution in [-0.2, 0) is 11.3 Å². The van der Waals surface area contributed by atoms with Crippen LogP contribution in [0.2, 0.25) is 5.02 Å². The van der Waals surface area contributed by atoms with E-state index in [0.717, 1.165) is 63.9 Å². The van der Waals surface area contributed by atoms with Crippen LogP contribution in [0.3, 0.4) is 0 Å². The summed E-state index contributed by atoms with van der Waals surface area (Å²) in [4.78, 5) is 20.3. The normalized spacial score (nSPS) is 18.6. The zero-order chi connectivity index (χ0) is 20.9. The second-order valence-electron chi connectivity index (χ2n) is 8.63. The Bertz CT molecular complexity index is 841. The molecule has 0 aliphatic carbocycles. The van der Waals surface area contributed by atoms with Crippen molar-refractivity contribution in [1.82, 2.24) is 4.90 Å². The number of nitrogens with one attached hydrogen (secondary N) is 2. The molecule has 0 bridgehead atoms. The van der Waals surface area contributed by atoms with E-state index >= 15 is 0 Å². The van der Waals surface area contributed by atoms with Crippen LogP contribution in [0.1, 0.15) is 11.1 Å². The molecule has 2 aromatic carbocycles. The maximum Gasteiger partial charge on any atom is 0.278 e. The zero-order valence-electron chi connectivity index (χ0n) is 17.9. The minimum Gasteiger partial charge on any atom is -0.360 e. The first-order valence-electron chi connectivity index (χ1n) is 11.1. The van der Waals surface area contributed by atoms with Crippen molar-refractivity contribution >= 4 is 23.2 Å². The Morgan fingerprint density at radius 3 is 2.20 bits per heavy atom. The van der Waals surface area contributed by atoms with E-state index in [9.17, 15) is 4.79 Å². The lowest BCUT2D eigenvalue weighted by Crippen LogP contribution is -3.16. The topological polar surface area (TPSA) is 32.4 Å². The fourth-order valence-corrected chi connectivity index (χ4v) is 4.75. The van der Waals surface area contributed by atoms with E-state index in [4.69, 9.17) is 11.6 Å². The summed E-state index contributed by atoms with van der Waals surface area (Å²) in [5, 5.41) is 0.784. The van der Waals surface area contributed by atoms with E-state index in [1.807, 2.05) is 12.1 Å². The van der Waals surface area contributed by atoms with Crippen LogP contribution in [0, 0.1) is 6.92 Å². The molecule has 0 spiro atoms. The largest absolute Gasteiger partial charge is 0.360 e. The Kier molecular flexibility index (Phi) is 6.93. The van der Waals surface area contributed by atoms with Crippen LogP contribution in [0.5, 0.6) is 0 Å². The number of benzene rings is 2. The summed E-state index contributed by atoms with van der Waals surface area (Å²) in [6.07, 6.45) is 0. The standard InChI is InChI=1S/C24H31ClN4O/c1-20-4-2-3-5-23(20)28-14-10-27(11-15-28)19-24(30)29-16-12-26(13-17-29)18-21-6-8-22(25)9-7-21/h2-9H,10-19H2,1H3/p+2. The van der Waals surface area contributed by atoms with E-state index in [0.29, 0.717) is 12.5 Å². The van der Waals surface area contributed by atoms with Crippen LogP contribution >= 0.6 is 11.6 Å². The van der Waals surface area contributed by atoms with Gasteiger partial charge in [0.1, 0.15) is 6.54 Å². The van der Waals surface area contributed by atoms with Gasteiger partial charge < -0.3 is 19.6 Å². The number of anilines is 1. The summed E-state index contributed by atoms with van der Waals surface area (Å²) in [5.74, 6) is 0.319. The van der Waals surface area contributed by atoms with Crippen molar-refractivity contribution in [3.05, 3.63) is 64.7 Å². The second-order valence-corrected chi connectivity index (χ2v) is 9.07. The number of rotatable bonds is 5. The van der Waals surface area contributed by atoms with Crippen LogP contribution < -0.4 is 14.7 Å². The van der Waals surface area contributed by atoms with Crippen LogP contribution in [0.4, 0.5) is 5.69 Å². The number of para-hydroxylation sites is 1. The third-order valence-corrected chi connectivity index (χ3v) is 6.77. The number of nitrogens with zero attached hydrogens (tertiary/aromatic N) is 2. The average molecular weight is 429 g/mol. The van der Waals surface area contributed by atoms with Gasteiger partial charge in [0, 0.05) is 16.3 Å². The summed E-state index contributed by atoms with van der Waals surface area (Å²) >= 11 is 5.98. The van der Waals surface area contributed by atoms with Crippen LogP contribution in [-0.4, -0.2) is 69.7 Å². The van der Waals surface area contributed by atoms with E-state index in [2.05, 4.69) is 53.1 Å².